The second-order valence-electron chi connectivity index (χ2n) is 2.82. The van der Waals surface area contributed by atoms with E-state index in [0.717, 1.165) is 6.07 Å². The predicted molar refractivity (Wildman–Crippen MR) is 54.0 cm³/mol. The van der Waals surface area contributed by atoms with Crippen molar-refractivity contribution < 1.29 is 9.18 Å². The van der Waals surface area contributed by atoms with Gasteiger partial charge in [0.15, 0.2) is 5.78 Å². The van der Waals surface area contributed by atoms with E-state index >= 15 is 0 Å². The summed E-state index contributed by atoms with van der Waals surface area (Å²) in [5.41, 5.74) is 0.716. The molecule has 0 radical (unpaired) electrons. The Morgan fingerprint density at radius 3 is 2.79 bits per heavy atom. The van der Waals surface area contributed by atoms with Crippen LogP contribution >= 0.6 is 15.9 Å². The molecule has 0 atom stereocenters. The fourth-order valence-corrected chi connectivity index (χ4v) is 1.38. The normalized spacial score (nSPS) is 9.57. The minimum absolute atomic E-state index is 0.0875. The lowest BCUT2D eigenvalue weighted by molar-refractivity contribution is 0.102. The van der Waals surface area contributed by atoms with Crippen molar-refractivity contribution in [3.8, 4) is 6.07 Å². The van der Waals surface area contributed by atoms with Crippen molar-refractivity contribution in [3.05, 3.63) is 34.6 Å². The Balaban J connectivity index is 3.36. The first kappa shape index (κ1) is 10.9. The number of hydrogen-bond acceptors (Lipinski definition) is 2. The average molecular weight is 256 g/mol. The molecule has 4 heteroatoms. The van der Waals surface area contributed by atoms with Crippen LogP contribution in [0, 0.1) is 24.1 Å². The lowest BCUT2D eigenvalue weighted by Crippen LogP contribution is -2.04. The third kappa shape index (κ3) is 1.99. The largest absolute Gasteiger partial charge is 0.293 e. The minimum atomic E-state index is -0.465. The number of carbonyl (C=O) groups is 1. The first-order valence-electron chi connectivity index (χ1n) is 3.89. The molecule has 0 bridgehead atoms. The second kappa shape index (κ2) is 4.34. The lowest BCUT2D eigenvalue weighted by atomic mass is 10.0. The number of aryl methyl sites for hydroxylation is 1. The fraction of sp³-hybridized carbons (Fsp3) is 0.200. The molecule has 0 saturated heterocycles. The minimum Gasteiger partial charge on any atom is -0.293 e. The topological polar surface area (TPSA) is 40.9 Å². The van der Waals surface area contributed by atoms with Crippen LogP contribution in [0.1, 0.15) is 21.5 Å². The molecule has 1 aromatic carbocycles. The van der Waals surface area contributed by atoms with Gasteiger partial charge in [-0.2, -0.15) is 5.26 Å². The van der Waals surface area contributed by atoms with Crippen molar-refractivity contribution in [3.63, 3.8) is 0 Å². The molecular formula is C10H7BrFNO. The number of rotatable bonds is 2. The van der Waals surface area contributed by atoms with Gasteiger partial charge in [-0.1, -0.05) is 15.9 Å². The van der Waals surface area contributed by atoms with Crippen molar-refractivity contribution in [1.29, 1.82) is 5.26 Å². The molecule has 0 saturated carbocycles. The third-order valence-corrected chi connectivity index (χ3v) is 2.35. The number of alkyl halides is 1. The van der Waals surface area contributed by atoms with E-state index in [1.165, 1.54) is 6.07 Å². The van der Waals surface area contributed by atoms with E-state index in [1.54, 1.807) is 6.92 Å². The summed E-state index contributed by atoms with van der Waals surface area (Å²) in [4.78, 5) is 11.3. The van der Waals surface area contributed by atoms with Gasteiger partial charge in [-0.05, 0) is 24.6 Å². The summed E-state index contributed by atoms with van der Waals surface area (Å²) < 4.78 is 13.1. The third-order valence-electron chi connectivity index (χ3n) is 1.84. The van der Waals surface area contributed by atoms with Crippen molar-refractivity contribution in [1.82, 2.24) is 0 Å². The summed E-state index contributed by atoms with van der Waals surface area (Å²) in [6.45, 7) is 1.55. The van der Waals surface area contributed by atoms with Crippen LogP contribution in [0.4, 0.5) is 4.39 Å². The van der Waals surface area contributed by atoms with Gasteiger partial charge in [-0.3, -0.25) is 4.79 Å². The lowest BCUT2D eigenvalue weighted by Gasteiger charge is -2.03. The van der Waals surface area contributed by atoms with E-state index in [-0.39, 0.29) is 22.2 Å². The molecule has 72 valence electrons. The summed E-state index contributed by atoms with van der Waals surface area (Å²) in [7, 11) is 0. The Hall–Kier alpha value is -1.21. The van der Waals surface area contributed by atoms with Crippen LogP contribution in [0.2, 0.25) is 0 Å². The second-order valence-corrected chi connectivity index (χ2v) is 3.38. The van der Waals surface area contributed by atoms with Gasteiger partial charge in [0, 0.05) is 5.56 Å². The molecule has 0 amide bonds. The highest BCUT2D eigenvalue weighted by Gasteiger charge is 2.12. The Morgan fingerprint density at radius 1 is 1.64 bits per heavy atom. The van der Waals surface area contributed by atoms with Gasteiger partial charge < -0.3 is 0 Å². The average Bonchev–Trinajstić information content (AvgIpc) is 2.20. The standard InChI is InChI=1S/C10H7BrFNO/c1-6-2-7(5-13)8(3-9(6)12)10(14)4-11/h2-3H,4H2,1H3. The van der Waals surface area contributed by atoms with Gasteiger partial charge in [0.2, 0.25) is 0 Å². The quantitative estimate of drug-likeness (QED) is 0.602. The molecule has 1 aromatic rings. The molecule has 0 aliphatic rings. The number of nitrogens with zero attached hydrogens (tertiary/aromatic N) is 1. The number of hydrogen-bond donors (Lipinski definition) is 0. The molecule has 0 aliphatic carbocycles. The number of nitriles is 1. The molecule has 0 spiro atoms. The predicted octanol–water partition coefficient (Wildman–Crippen LogP) is 2.58. The van der Waals surface area contributed by atoms with Crippen molar-refractivity contribution in [2.75, 3.05) is 5.33 Å². The van der Waals surface area contributed by atoms with Crippen LogP contribution < -0.4 is 0 Å². The Labute approximate surface area is 89.5 Å². The van der Waals surface area contributed by atoms with Gasteiger partial charge >= 0.3 is 0 Å². The first-order valence-corrected chi connectivity index (χ1v) is 5.01. The highest BCUT2D eigenvalue weighted by atomic mass is 79.9. The summed E-state index contributed by atoms with van der Waals surface area (Å²) in [5.74, 6) is -0.756. The zero-order valence-corrected chi connectivity index (χ0v) is 9.06. The van der Waals surface area contributed by atoms with Gasteiger partial charge in [0.05, 0.1) is 17.0 Å². The smallest absolute Gasteiger partial charge is 0.174 e. The van der Waals surface area contributed by atoms with Crippen LogP contribution in [0.15, 0.2) is 12.1 Å². The number of ketones is 1. The zero-order chi connectivity index (χ0) is 10.7. The van der Waals surface area contributed by atoms with Crippen LogP contribution in [0.3, 0.4) is 0 Å². The van der Waals surface area contributed by atoms with E-state index in [1.807, 2.05) is 6.07 Å². The van der Waals surface area contributed by atoms with Crippen molar-refractivity contribution >= 4 is 21.7 Å². The SMILES string of the molecule is Cc1cc(C#N)c(C(=O)CBr)cc1F. The maximum absolute atomic E-state index is 13.1. The molecule has 0 aromatic heterocycles. The summed E-state index contributed by atoms with van der Waals surface area (Å²) in [5, 5.41) is 8.83. The first-order chi connectivity index (χ1) is 6.60. The fourth-order valence-electron chi connectivity index (χ4n) is 1.08. The number of carbonyl (C=O) groups excluding carboxylic acids is 1. The highest BCUT2D eigenvalue weighted by Crippen LogP contribution is 2.16. The monoisotopic (exact) mass is 255 g/mol. The molecular weight excluding hydrogens is 249 g/mol. The van der Waals surface area contributed by atoms with E-state index < -0.39 is 5.82 Å². The van der Waals surface area contributed by atoms with Crippen LogP contribution in [0.25, 0.3) is 0 Å². The Kier molecular flexibility index (Phi) is 3.37. The van der Waals surface area contributed by atoms with Gasteiger partial charge in [-0.25, -0.2) is 4.39 Å². The number of halogens is 2. The maximum Gasteiger partial charge on any atom is 0.174 e. The number of benzene rings is 1. The summed E-state index contributed by atoms with van der Waals surface area (Å²) >= 11 is 2.98. The Morgan fingerprint density at radius 2 is 2.29 bits per heavy atom. The van der Waals surface area contributed by atoms with Crippen molar-refractivity contribution in [2.24, 2.45) is 0 Å². The molecule has 0 heterocycles. The van der Waals surface area contributed by atoms with Crippen LogP contribution in [0.5, 0.6) is 0 Å². The van der Waals surface area contributed by atoms with E-state index in [0.29, 0.717) is 5.56 Å². The van der Waals surface area contributed by atoms with E-state index in [9.17, 15) is 9.18 Å². The summed E-state index contributed by atoms with van der Waals surface area (Å²) in [6.07, 6.45) is 0. The van der Waals surface area contributed by atoms with Crippen LogP contribution in [-0.2, 0) is 0 Å². The van der Waals surface area contributed by atoms with Gasteiger partial charge in [-0.15, -0.1) is 0 Å². The van der Waals surface area contributed by atoms with Crippen molar-refractivity contribution in [2.45, 2.75) is 6.92 Å². The Bertz CT molecular complexity index is 423. The molecule has 2 nitrogen and oxygen atoms in total. The molecule has 0 fully saturated rings. The molecule has 0 aliphatic heterocycles. The zero-order valence-electron chi connectivity index (χ0n) is 7.47. The molecule has 14 heavy (non-hydrogen) atoms. The maximum atomic E-state index is 13.1. The van der Waals surface area contributed by atoms with E-state index in [2.05, 4.69) is 15.9 Å². The van der Waals surface area contributed by atoms with Crippen LogP contribution in [-0.4, -0.2) is 11.1 Å². The van der Waals surface area contributed by atoms with E-state index in [4.69, 9.17) is 5.26 Å². The molecule has 1 rings (SSSR count). The van der Waals surface area contributed by atoms with Gasteiger partial charge in [0.25, 0.3) is 0 Å². The summed E-state index contributed by atoms with van der Waals surface area (Å²) in [6, 6.07) is 4.36. The molecule has 0 N–H and O–H groups in total. The molecule has 0 unspecified atom stereocenters. The number of Topliss-reactive ketones (excluding diaryl/α,β-unsaturated/α-hetero) is 1. The highest BCUT2D eigenvalue weighted by molar-refractivity contribution is 9.09. The van der Waals surface area contributed by atoms with Gasteiger partial charge in [0.1, 0.15) is 5.82 Å².